The SMILES string of the molecule is C=CCN(C(=O)C1N(CCCO)C(=O)[C@@H]2[C@H](C(=O)OCC)[C@]3(CC)CCC12O3)c1c(C)cccc1C. The van der Waals surface area contributed by atoms with Gasteiger partial charge in [0.1, 0.15) is 17.6 Å². The van der Waals surface area contributed by atoms with Crippen molar-refractivity contribution in [3.63, 3.8) is 0 Å². The Morgan fingerprint density at radius 3 is 2.56 bits per heavy atom. The van der Waals surface area contributed by atoms with Gasteiger partial charge in [-0.25, -0.2) is 0 Å². The summed E-state index contributed by atoms with van der Waals surface area (Å²) in [7, 11) is 0. The van der Waals surface area contributed by atoms with Crippen LogP contribution in [-0.2, 0) is 23.9 Å². The maximum atomic E-state index is 14.5. The van der Waals surface area contributed by atoms with Crippen molar-refractivity contribution in [3.8, 4) is 0 Å². The molecule has 3 aliphatic heterocycles. The highest BCUT2D eigenvalue weighted by atomic mass is 16.6. The number of hydrogen-bond acceptors (Lipinski definition) is 6. The van der Waals surface area contributed by atoms with Crippen molar-refractivity contribution in [2.75, 3.05) is 31.2 Å². The molecule has 196 valence electrons. The number of ether oxygens (including phenoxy) is 2. The van der Waals surface area contributed by atoms with Crippen molar-refractivity contribution in [3.05, 3.63) is 42.0 Å². The summed E-state index contributed by atoms with van der Waals surface area (Å²) < 4.78 is 12.2. The minimum absolute atomic E-state index is 0.114. The van der Waals surface area contributed by atoms with E-state index in [0.29, 0.717) is 25.7 Å². The first-order valence-electron chi connectivity index (χ1n) is 13.0. The highest BCUT2D eigenvalue weighted by Crippen LogP contribution is 2.64. The average Bonchev–Trinajstić information content (AvgIpc) is 3.45. The first kappa shape index (κ1) is 26.4. The maximum absolute atomic E-state index is 14.5. The third kappa shape index (κ3) is 3.77. The van der Waals surface area contributed by atoms with Gasteiger partial charge in [-0.3, -0.25) is 14.4 Å². The van der Waals surface area contributed by atoms with Crippen LogP contribution in [0.3, 0.4) is 0 Å². The third-order valence-corrected chi connectivity index (χ3v) is 8.30. The minimum Gasteiger partial charge on any atom is -0.466 e. The predicted octanol–water partition coefficient (Wildman–Crippen LogP) is 2.92. The normalized spacial score (nSPS) is 30.4. The number of para-hydroxylation sites is 1. The lowest BCUT2D eigenvalue weighted by Crippen LogP contribution is -2.56. The van der Waals surface area contributed by atoms with Crippen molar-refractivity contribution in [1.82, 2.24) is 4.90 Å². The van der Waals surface area contributed by atoms with Crippen molar-refractivity contribution in [1.29, 1.82) is 0 Å². The van der Waals surface area contributed by atoms with E-state index in [-0.39, 0.29) is 38.1 Å². The van der Waals surface area contributed by atoms with Crippen LogP contribution in [-0.4, -0.2) is 71.3 Å². The quantitative estimate of drug-likeness (QED) is 0.394. The molecule has 2 amide bonds. The van der Waals surface area contributed by atoms with Crippen LogP contribution in [0.2, 0.25) is 0 Å². The number of fused-ring (bicyclic) bond motifs is 1. The van der Waals surface area contributed by atoms with Crippen molar-refractivity contribution in [2.45, 2.75) is 70.6 Å². The number of likely N-dealkylation sites (tertiary alicyclic amines) is 1. The standard InChI is InChI=1S/C28H38N2O6/c1-6-15-29(22-18(4)11-9-12-19(22)5)25(33)23-28-14-13-27(7-2,36-28)21(26(34)35-8-3)20(28)24(32)30(23)16-10-17-31/h6,9,11-12,20-21,23,31H,1,7-8,10,13-17H2,2-5H3/t20-,21+,23?,27-,28?/m0/s1. The van der Waals surface area contributed by atoms with Gasteiger partial charge >= 0.3 is 5.97 Å². The zero-order valence-electron chi connectivity index (χ0n) is 21.8. The molecule has 0 radical (unpaired) electrons. The number of rotatable bonds is 10. The fraction of sp³-hybridized carbons (Fsp3) is 0.607. The Balaban J connectivity index is 1.84. The van der Waals surface area contributed by atoms with E-state index in [4.69, 9.17) is 9.47 Å². The molecule has 2 unspecified atom stereocenters. The molecular weight excluding hydrogens is 460 g/mol. The minimum atomic E-state index is -1.12. The Morgan fingerprint density at radius 1 is 1.28 bits per heavy atom. The second-order valence-corrected chi connectivity index (χ2v) is 10.2. The van der Waals surface area contributed by atoms with Crippen LogP contribution in [0.5, 0.6) is 0 Å². The number of amides is 2. The van der Waals surface area contributed by atoms with Crippen LogP contribution < -0.4 is 4.90 Å². The number of aryl methyl sites for hydroxylation is 2. The van der Waals surface area contributed by atoms with Crippen LogP contribution in [0.1, 0.15) is 50.7 Å². The lowest BCUT2D eigenvalue weighted by molar-refractivity contribution is -0.160. The molecule has 0 aliphatic carbocycles. The molecule has 1 aromatic rings. The molecule has 5 atom stereocenters. The highest BCUT2D eigenvalue weighted by Gasteiger charge is 2.79. The first-order chi connectivity index (χ1) is 17.2. The number of esters is 1. The Bertz CT molecular complexity index is 1040. The van der Waals surface area contributed by atoms with E-state index in [1.54, 1.807) is 22.8 Å². The van der Waals surface area contributed by atoms with Gasteiger partial charge in [-0.05, 0) is 57.6 Å². The van der Waals surface area contributed by atoms with Gasteiger partial charge in [0, 0.05) is 25.4 Å². The second-order valence-electron chi connectivity index (χ2n) is 10.2. The Morgan fingerprint density at radius 2 is 1.97 bits per heavy atom. The molecule has 0 aromatic heterocycles. The molecule has 4 rings (SSSR count). The first-order valence-corrected chi connectivity index (χ1v) is 13.0. The molecule has 1 N–H and O–H groups in total. The number of aliphatic hydroxyl groups is 1. The molecule has 3 saturated heterocycles. The van der Waals surface area contributed by atoms with E-state index in [2.05, 4.69) is 6.58 Å². The predicted molar refractivity (Wildman–Crippen MR) is 135 cm³/mol. The topological polar surface area (TPSA) is 96.4 Å². The fourth-order valence-corrected chi connectivity index (χ4v) is 6.87. The van der Waals surface area contributed by atoms with Gasteiger partial charge in [0.05, 0.1) is 18.1 Å². The molecule has 8 heteroatoms. The summed E-state index contributed by atoms with van der Waals surface area (Å²) in [6.45, 7) is 12.0. The summed E-state index contributed by atoms with van der Waals surface area (Å²) in [4.78, 5) is 44.9. The lowest BCUT2D eigenvalue weighted by Gasteiger charge is -2.37. The fourth-order valence-electron chi connectivity index (χ4n) is 6.87. The Labute approximate surface area is 213 Å². The monoisotopic (exact) mass is 498 g/mol. The zero-order chi connectivity index (χ0) is 26.3. The van der Waals surface area contributed by atoms with E-state index in [1.165, 1.54) is 0 Å². The van der Waals surface area contributed by atoms with Gasteiger partial charge in [-0.2, -0.15) is 0 Å². The molecule has 3 aliphatic rings. The number of hydrogen-bond donors (Lipinski definition) is 1. The molecular formula is C28H38N2O6. The molecule has 1 spiro atoms. The van der Waals surface area contributed by atoms with Crippen molar-refractivity contribution >= 4 is 23.5 Å². The molecule has 8 nitrogen and oxygen atoms in total. The lowest BCUT2D eigenvalue weighted by atomic mass is 9.65. The van der Waals surface area contributed by atoms with Crippen molar-refractivity contribution < 1.29 is 29.0 Å². The summed E-state index contributed by atoms with van der Waals surface area (Å²) >= 11 is 0. The van der Waals surface area contributed by atoms with Crippen LogP contribution in [0.25, 0.3) is 0 Å². The van der Waals surface area contributed by atoms with E-state index in [9.17, 15) is 19.5 Å². The molecule has 36 heavy (non-hydrogen) atoms. The number of benzene rings is 1. The van der Waals surface area contributed by atoms with Gasteiger partial charge in [-0.15, -0.1) is 6.58 Å². The van der Waals surface area contributed by atoms with E-state index in [1.807, 2.05) is 39.0 Å². The second kappa shape index (κ2) is 9.98. The number of carbonyl (C=O) groups excluding carboxylic acids is 3. The number of nitrogens with zero attached hydrogens (tertiary/aromatic N) is 2. The molecule has 3 fully saturated rings. The van der Waals surface area contributed by atoms with E-state index < -0.39 is 35.0 Å². The largest absolute Gasteiger partial charge is 0.466 e. The molecule has 1 aromatic carbocycles. The van der Waals surface area contributed by atoms with Crippen LogP contribution in [0.15, 0.2) is 30.9 Å². The molecule has 0 saturated carbocycles. The summed E-state index contributed by atoms with van der Waals surface area (Å²) in [6.07, 6.45) is 3.64. The molecule has 2 bridgehead atoms. The summed E-state index contributed by atoms with van der Waals surface area (Å²) in [5.74, 6) is -2.51. The van der Waals surface area contributed by atoms with Crippen LogP contribution in [0, 0.1) is 25.7 Å². The maximum Gasteiger partial charge on any atom is 0.312 e. The van der Waals surface area contributed by atoms with Gasteiger partial charge < -0.3 is 24.4 Å². The van der Waals surface area contributed by atoms with Gasteiger partial charge in [0.2, 0.25) is 5.91 Å². The highest BCUT2D eigenvalue weighted by molar-refractivity contribution is 6.05. The van der Waals surface area contributed by atoms with Crippen LogP contribution in [0.4, 0.5) is 5.69 Å². The average molecular weight is 499 g/mol. The molecule has 3 heterocycles. The van der Waals surface area contributed by atoms with Crippen molar-refractivity contribution in [2.24, 2.45) is 11.8 Å². The van der Waals surface area contributed by atoms with Gasteiger partial charge in [0.15, 0.2) is 0 Å². The Hall–Kier alpha value is -2.71. The van der Waals surface area contributed by atoms with Gasteiger partial charge in [-0.1, -0.05) is 31.2 Å². The Kier molecular flexibility index (Phi) is 7.30. The van der Waals surface area contributed by atoms with E-state index in [0.717, 1.165) is 16.8 Å². The zero-order valence-corrected chi connectivity index (χ0v) is 21.8. The smallest absolute Gasteiger partial charge is 0.312 e. The summed E-state index contributed by atoms with van der Waals surface area (Å²) in [5.41, 5.74) is 0.730. The number of aliphatic hydroxyl groups excluding tert-OH is 1. The number of carbonyl (C=O) groups is 3. The van der Waals surface area contributed by atoms with E-state index >= 15 is 0 Å². The number of anilines is 1. The summed E-state index contributed by atoms with van der Waals surface area (Å²) in [6, 6.07) is 4.95. The van der Waals surface area contributed by atoms with Gasteiger partial charge in [0.25, 0.3) is 5.91 Å². The van der Waals surface area contributed by atoms with Crippen LogP contribution >= 0.6 is 0 Å². The third-order valence-electron chi connectivity index (χ3n) is 8.30. The summed E-state index contributed by atoms with van der Waals surface area (Å²) in [5, 5.41) is 9.55.